The molecule has 0 saturated carbocycles. The highest BCUT2D eigenvalue weighted by atomic mass is 35.5. The van der Waals surface area contributed by atoms with E-state index < -0.39 is 23.7 Å². The molecule has 3 aliphatic heterocycles. The van der Waals surface area contributed by atoms with Crippen LogP contribution in [0, 0.1) is 5.82 Å². The number of likely N-dealkylation sites (N-methyl/N-ethyl adjacent to an activating group) is 1. The van der Waals surface area contributed by atoms with Crippen molar-refractivity contribution < 1.29 is 27.2 Å². The summed E-state index contributed by atoms with van der Waals surface area (Å²) in [5.41, 5.74) is 0.164. The van der Waals surface area contributed by atoms with Gasteiger partial charge in [0.1, 0.15) is 29.8 Å². The molecule has 6 heterocycles. The lowest BCUT2D eigenvalue weighted by Crippen LogP contribution is -2.43. The van der Waals surface area contributed by atoms with Crippen LogP contribution in [0.25, 0.3) is 39.0 Å². The first-order valence-corrected chi connectivity index (χ1v) is 17.7. The fourth-order valence-corrected chi connectivity index (χ4v) is 8.12. The summed E-state index contributed by atoms with van der Waals surface area (Å²) in [7, 11) is 1.83. The molecule has 270 valence electrons. The second kappa shape index (κ2) is 13.6. The Morgan fingerprint density at radius 3 is 2.83 bits per heavy atom. The summed E-state index contributed by atoms with van der Waals surface area (Å²) < 4.78 is 56.2. The van der Waals surface area contributed by atoms with E-state index in [9.17, 15) is 13.6 Å². The molecule has 2 aromatic carbocycles. The van der Waals surface area contributed by atoms with Crippen molar-refractivity contribution in [1.82, 2.24) is 34.9 Å². The Labute approximate surface area is 302 Å². The summed E-state index contributed by atoms with van der Waals surface area (Å²) in [5.74, 6) is -0.616. The third-order valence-electron chi connectivity index (χ3n) is 10.5. The average molecular weight is 733 g/mol. The van der Waals surface area contributed by atoms with E-state index in [0.717, 1.165) is 24.8 Å². The minimum Gasteiger partial charge on any atom is -0.461 e. The van der Waals surface area contributed by atoms with E-state index in [4.69, 9.17) is 25.8 Å². The van der Waals surface area contributed by atoms with Crippen molar-refractivity contribution in [3.8, 4) is 17.3 Å². The highest BCUT2D eigenvalue weighted by Gasteiger charge is 2.49. The van der Waals surface area contributed by atoms with Gasteiger partial charge < -0.3 is 19.1 Å². The van der Waals surface area contributed by atoms with Crippen molar-refractivity contribution in [1.29, 1.82) is 0 Å². The molecule has 1 amide bonds. The van der Waals surface area contributed by atoms with Crippen LogP contribution < -0.4 is 9.64 Å². The molecule has 3 fully saturated rings. The van der Waals surface area contributed by atoms with E-state index in [0.29, 0.717) is 59.7 Å². The van der Waals surface area contributed by atoms with Gasteiger partial charge in [-0.15, -0.1) is 0 Å². The van der Waals surface area contributed by atoms with Crippen molar-refractivity contribution >= 4 is 51.1 Å². The zero-order valence-electron chi connectivity index (χ0n) is 28.6. The van der Waals surface area contributed by atoms with Crippen LogP contribution in [-0.4, -0.2) is 98.4 Å². The Bertz CT molecular complexity index is 2200. The van der Waals surface area contributed by atoms with Crippen molar-refractivity contribution in [3.63, 3.8) is 0 Å². The maximum absolute atomic E-state index is 16.8. The van der Waals surface area contributed by atoms with Gasteiger partial charge in [0, 0.05) is 73.5 Å². The third kappa shape index (κ3) is 6.21. The van der Waals surface area contributed by atoms with Crippen molar-refractivity contribution in [3.05, 3.63) is 71.2 Å². The summed E-state index contributed by atoms with van der Waals surface area (Å²) in [4.78, 5) is 36.7. The van der Waals surface area contributed by atoms with E-state index in [1.54, 1.807) is 23.2 Å². The summed E-state index contributed by atoms with van der Waals surface area (Å²) >= 11 is 6.61. The number of fused-ring (bicyclic) bond motifs is 3. The number of hydrogen-bond donors (Lipinski definition) is 0. The number of halogens is 4. The Hall–Kier alpha value is -4.82. The van der Waals surface area contributed by atoms with Gasteiger partial charge in [-0.2, -0.15) is 15.0 Å². The minimum atomic E-state index is -1.39. The number of rotatable bonds is 9. The first kappa shape index (κ1) is 34.3. The maximum atomic E-state index is 16.8. The van der Waals surface area contributed by atoms with Gasteiger partial charge in [-0.05, 0) is 44.2 Å². The predicted octanol–water partition coefficient (Wildman–Crippen LogP) is 6.76. The Morgan fingerprint density at radius 1 is 1.19 bits per heavy atom. The van der Waals surface area contributed by atoms with Crippen LogP contribution in [0.15, 0.2) is 53.2 Å². The Morgan fingerprint density at radius 2 is 2.02 bits per heavy atom. The highest BCUT2D eigenvalue weighted by molar-refractivity contribution is 6.36. The van der Waals surface area contributed by atoms with Gasteiger partial charge in [0.05, 0.1) is 10.9 Å². The molecule has 0 N–H and O–H groups in total. The summed E-state index contributed by atoms with van der Waals surface area (Å²) in [6, 6.07) is 10.8. The average Bonchev–Trinajstić information content (AvgIpc) is 3.94. The normalized spacial score (nSPS) is 22.5. The molecule has 52 heavy (non-hydrogen) atoms. The van der Waals surface area contributed by atoms with E-state index in [1.807, 2.05) is 36.2 Å². The largest absolute Gasteiger partial charge is 0.461 e. The van der Waals surface area contributed by atoms with Crippen LogP contribution in [0.2, 0.25) is 5.02 Å². The molecule has 15 heteroatoms. The number of benzene rings is 2. The summed E-state index contributed by atoms with van der Waals surface area (Å²) in [5, 5.41) is 5.92. The number of likely N-dealkylation sites (tertiary alicyclic amines) is 1. The molecule has 0 unspecified atom stereocenters. The molecule has 3 aromatic heterocycles. The van der Waals surface area contributed by atoms with Crippen LogP contribution in [0.4, 0.5) is 19.0 Å². The number of pyridine rings is 1. The minimum absolute atomic E-state index is 0.0202. The van der Waals surface area contributed by atoms with Crippen molar-refractivity contribution in [2.75, 3.05) is 44.7 Å². The monoisotopic (exact) mass is 732 g/mol. The smallest absolute Gasteiger partial charge is 0.319 e. The molecule has 3 saturated heterocycles. The highest BCUT2D eigenvalue weighted by Crippen LogP contribution is 2.41. The molecule has 4 atom stereocenters. The van der Waals surface area contributed by atoms with E-state index >= 15 is 4.39 Å². The second-order valence-electron chi connectivity index (χ2n) is 13.8. The fraction of sp³-hybridized carbons (Fsp3) is 0.405. The lowest BCUT2D eigenvalue weighted by molar-refractivity contribution is -0.124. The number of carbonyl (C=O) groups is 1. The molecule has 3 aliphatic rings. The topological polar surface area (TPSA) is 114 Å². The van der Waals surface area contributed by atoms with Gasteiger partial charge in [0.2, 0.25) is 11.7 Å². The van der Waals surface area contributed by atoms with Gasteiger partial charge in [-0.3, -0.25) is 14.7 Å². The summed E-state index contributed by atoms with van der Waals surface area (Å²) in [6.07, 6.45) is 4.59. The Balaban J connectivity index is 1.12. The molecular formula is C37H36ClF3N8O3. The number of carbonyl (C=O) groups excluding carboxylic acids is 1. The van der Waals surface area contributed by atoms with Crippen LogP contribution in [-0.2, 0) is 4.79 Å². The lowest BCUT2D eigenvalue weighted by atomic mass is 9.95. The number of nitrogens with zero attached hydrogens (tertiary/aromatic N) is 8. The van der Waals surface area contributed by atoms with Crippen molar-refractivity contribution in [2.24, 2.45) is 0 Å². The predicted molar refractivity (Wildman–Crippen MR) is 190 cm³/mol. The molecular weight excluding hydrogens is 697 g/mol. The number of amides is 1. The quantitative estimate of drug-likeness (QED) is 0.151. The molecule has 8 rings (SSSR count). The standard InChI is InChI=1S/C37H36ClF3N8O3/c1-21(39)34-43-28(52-46-34)10-11-29(50)48-15-12-24(19-48)47(2)35-26-17-42-32(25-8-3-6-22-7-4-9-27(38)30(22)25)31(41)33(26)44-36(45-35)51-20-37-13-5-14-49(37)18-23(40)16-37/h3-4,6-11,17,21,23-24H,5,12-16,18-20H2,1-2H3/b11-10+/t21-,23+,24+,37-/m0/s1. The van der Waals surface area contributed by atoms with Gasteiger partial charge in [0.25, 0.3) is 5.89 Å². The van der Waals surface area contributed by atoms with Crippen LogP contribution in [0.3, 0.4) is 0 Å². The van der Waals surface area contributed by atoms with E-state index in [-0.39, 0.29) is 47.5 Å². The maximum Gasteiger partial charge on any atom is 0.319 e. The van der Waals surface area contributed by atoms with Crippen LogP contribution >= 0.6 is 11.6 Å². The van der Waals surface area contributed by atoms with Crippen LogP contribution in [0.1, 0.15) is 50.5 Å². The molecule has 11 nitrogen and oxygen atoms in total. The van der Waals surface area contributed by atoms with Gasteiger partial charge in [-0.1, -0.05) is 47.1 Å². The fourth-order valence-electron chi connectivity index (χ4n) is 7.84. The molecule has 0 bridgehead atoms. The SMILES string of the molecule is C[C@H](F)c1noc(/C=C/C(=O)N2CC[C@@H](N(C)c3nc(OC[C@@]45CCCN4C[C@H](F)C5)nc4c(F)c(-c5cccc6cccc(Cl)c56)ncc34)C2)n1. The van der Waals surface area contributed by atoms with E-state index in [1.165, 1.54) is 19.1 Å². The van der Waals surface area contributed by atoms with Crippen molar-refractivity contribution in [2.45, 2.75) is 56.5 Å². The number of anilines is 1. The zero-order valence-corrected chi connectivity index (χ0v) is 29.4. The zero-order chi connectivity index (χ0) is 36.1. The third-order valence-corrected chi connectivity index (χ3v) is 10.8. The molecule has 0 radical (unpaired) electrons. The first-order chi connectivity index (χ1) is 25.1. The number of hydrogen-bond acceptors (Lipinski definition) is 10. The van der Waals surface area contributed by atoms with Gasteiger partial charge >= 0.3 is 6.01 Å². The second-order valence-corrected chi connectivity index (χ2v) is 14.2. The Kier molecular flexibility index (Phi) is 8.98. The number of ether oxygens (including phenoxy) is 1. The number of aromatic nitrogens is 5. The number of alkyl halides is 2. The van der Waals surface area contributed by atoms with Crippen LogP contribution in [0.5, 0.6) is 6.01 Å². The summed E-state index contributed by atoms with van der Waals surface area (Å²) in [6.45, 7) is 3.42. The van der Waals surface area contributed by atoms with E-state index in [2.05, 4.69) is 25.0 Å². The van der Waals surface area contributed by atoms with Gasteiger partial charge in [0.15, 0.2) is 12.0 Å². The molecule has 0 aliphatic carbocycles. The lowest BCUT2D eigenvalue weighted by Gasteiger charge is -2.31. The molecule has 5 aromatic rings. The first-order valence-electron chi connectivity index (χ1n) is 17.3. The molecule has 0 spiro atoms. The van der Waals surface area contributed by atoms with Gasteiger partial charge in [-0.25, -0.2) is 13.2 Å².